The second kappa shape index (κ2) is 10.8. The van der Waals surface area contributed by atoms with Crippen molar-refractivity contribution >= 4 is 17.9 Å². The second-order valence-electron chi connectivity index (χ2n) is 4.88. The molecule has 0 radical (unpaired) electrons. The largest absolute Gasteiger partial charge is 0.469 e. The molecule has 0 saturated heterocycles. The molecule has 22 heavy (non-hydrogen) atoms. The van der Waals surface area contributed by atoms with E-state index in [-0.39, 0.29) is 25.1 Å². The number of esters is 3. The van der Waals surface area contributed by atoms with Crippen LogP contribution in [0.3, 0.4) is 0 Å². The number of hydrogen-bond acceptors (Lipinski definition) is 7. The van der Waals surface area contributed by atoms with Gasteiger partial charge in [0.25, 0.3) is 0 Å². The molecule has 0 aromatic carbocycles. The SMILES string of the molecule is C=CC(=O)OCC(O)COC(=O)C(C)CC(CC)C(=O)OC. The van der Waals surface area contributed by atoms with Gasteiger partial charge in [-0.2, -0.15) is 0 Å². The number of ether oxygens (including phenoxy) is 3. The molecule has 0 heterocycles. The highest BCUT2D eigenvalue weighted by Gasteiger charge is 2.25. The first-order valence-electron chi connectivity index (χ1n) is 7.07. The van der Waals surface area contributed by atoms with Gasteiger partial charge >= 0.3 is 17.9 Å². The molecule has 0 saturated carbocycles. The quantitative estimate of drug-likeness (QED) is 0.362. The lowest BCUT2D eigenvalue weighted by Gasteiger charge is -2.18. The van der Waals surface area contributed by atoms with Crippen molar-refractivity contribution in [2.45, 2.75) is 32.8 Å². The Labute approximate surface area is 130 Å². The third kappa shape index (κ3) is 7.78. The molecule has 0 spiro atoms. The van der Waals surface area contributed by atoms with Crippen molar-refractivity contribution in [3.63, 3.8) is 0 Å². The Kier molecular flexibility index (Phi) is 9.86. The van der Waals surface area contributed by atoms with E-state index in [0.29, 0.717) is 12.8 Å². The number of aliphatic hydroxyl groups is 1. The summed E-state index contributed by atoms with van der Waals surface area (Å²) in [6.07, 6.45) is 0.731. The monoisotopic (exact) mass is 316 g/mol. The van der Waals surface area contributed by atoms with Gasteiger partial charge in [0.2, 0.25) is 0 Å². The molecule has 0 fully saturated rings. The highest BCUT2D eigenvalue weighted by Crippen LogP contribution is 2.18. The summed E-state index contributed by atoms with van der Waals surface area (Å²) in [6.45, 7) is 6.11. The summed E-state index contributed by atoms with van der Waals surface area (Å²) in [5.41, 5.74) is 0. The Morgan fingerprint density at radius 1 is 1.18 bits per heavy atom. The first kappa shape index (κ1) is 20.1. The summed E-state index contributed by atoms with van der Waals surface area (Å²) >= 11 is 0. The van der Waals surface area contributed by atoms with E-state index in [4.69, 9.17) is 4.74 Å². The maximum Gasteiger partial charge on any atom is 0.330 e. The molecule has 0 amide bonds. The van der Waals surface area contributed by atoms with Gasteiger partial charge in [0, 0.05) is 6.08 Å². The zero-order valence-corrected chi connectivity index (χ0v) is 13.2. The predicted molar refractivity (Wildman–Crippen MR) is 77.7 cm³/mol. The molecule has 0 bridgehead atoms. The zero-order chi connectivity index (χ0) is 17.1. The number of rotatable bonds is 10. The van der Waals surface area contributed by atoms with E-state index in [0.717, 1.165) is 6.08 Å². The molecule has 0 aliphatic heterocycles. The number of carbonyl (C=O) groups is 3. The summed E-state index contributed by atoms with van der Waals surface area (Å²) in [4.78, 5) is 34.1. The van der Waals surface area contributed by atoms with Crippen LogP contribution in [-0.2, 0) is 28.6 Å². The van der Waals surface area contributed by atoms with Gasteiger partial charge in [0.15, 0.2) is 0 Å². The summed E-state index contributed by atoms with van der Waals surface area (Å²) in [5.74, 6) is -2.43. The molecule has 0 aromatic heterocycles. The third-order valence-electron chi connectivity index (χ3n) is 3.07. The molecule has 1 N–H and O–H groups in total. The molecule has 126 valence electrons. The molecule has 0 aromatic rings. The van der Waals surface area contributed by atoms with Gasteiger partial charge < -0.3 is 19.3 Å². The van der Waals surface area contributed by atoms with Crippen LogP contribution in [0.2, 0.25) is 0 Å². The minimum absolute atomic E-state index is 0.285. The summed E-state index contributed by atoms with van der Waals surface area (Å²) in [5, 5.41) is 9.52. The Bertz CT molecular complexity index is 391. The van der Waals surface area contributed by atoms with Crippen molar-refractivity contribution < 1.29 is 33.7 Å². The average molecular weight is 316 g/mol. The zero-order valence-electron chi connectivity index (χ0n) is 13.2. The van der Waals surface area contributed by atoms with Crippen molar-refractivity contribution in [1.82, 2.24) is 0 Å². The lowest BCUT2D eigenvalue weighted by Crippen LogP contribution is -2.28. The maximum absolute atomic E-state index is 11.8. The Hall–Kier alpha value is -1.89. The summed E-state index contributed by atoms with van der Waals surface area (Å²) in [6, 6.07) is 0. The van der Waals surface area contributed by atoms with Crippen LogP contribution in [0.15, 0.2) is 12.7 Å². The van der Waals surface area contributed by atoms with E-state index in [1.807, 2.05) is 6.92 Å². The van der Waals surface area contributed by atoms with Crippen molar-refractivity contribution in [1.29, 1.82) is 0 Å². The second-order valence-corrected chi connectivity index (χ2v) is 4.88. The molecule has 0 aliphatic carbocycles. The molecular formula is C15H24O7. The van der Waals surface area contributed by atoms with Crippen LogP contribution in [0.1, 0.15) is 26.7 Å². The first-order chi connectivity index (χ1) is 10.3. The van der Waals surface area contributed by atoms with Gasteiger partial charge in [0.05, 0.1) is 18.9 Å². The lowest BCUT2D eigenvalue weighted by molar-refractivity contribution is -0.155. The van der Waals surface area contributed by atoms with Gasteiger partial charge in [-0.05, 0) is 12.8 Å². The van der Waals surface area contributed by atoms with Crippen LogP contribution in [0.4, 0.5) is 0 Å². The minimum Gasteiger partial charge on any atom is -0.469 e. The molecule has 3 atom stereocenters. The number of aliphatic hydroxyl groups excluding tert-OH is 1. The average Bonchev–Trinajstić information content (AvgIpc) is 2.53. The molecule has 7 heteroatoms. The normalized spacial score (nSPS) is 14.4. The highest BCUT2D eigenvalue weighted by molar-refractivity contribution is 5.81. The fraction of sp³-hybridized carbons (Fsp3) is 0.667. The van der Waals surface area contributed by atoms with E-state index in [1.165, 1.54) is 7.11 Å². The third-order valence-corrected chi connectivity index (χ3v) is 3.07. The first-order valence-corrected chi connectivity index (χ1v) is 7.07. The van der Waals surface area contributed by atoms with Gasteiger partial charge in [0.1, 0.15) is 19.3 Å². The van der Waals surface area contributed by atoms with Crippen molar-refractivity contribution in [3.05, 3.63) is 12.7 Å². The van der Waals surface area contributed by atoms with Crippen LogP contribution in [-0.4, -0.2) is 49.4 Å². The predicted octanol–water partition coefficient (Wildman–Crippen LogP) is 0.845. The van der Waals surface area contributed by atoms with Crippen molar-refractivity contribution in [3.8, 4) is 0 Å². The number of methoxy groups -OCH3 is 1. The standard InChI is InChI=1S/C15H24O7/c1-5-11(15(19)20-4)7-10(3)14(18)22-9-12(16)8-21-13(17)6-2/h6,10-12,16H,2,5,7-9H2,1,3-4H3. The van der Waals surface area contributed by atoms with E-state index in [2.05, 4.69) is 16.1 Å². The van der Waals surface area contributed by atoms with Gasteiger partial charge in [-0.1, -0.05) is 20.4 Å². The number of carbonyl (C=O) groups excluding carboxylic acids is 3. The van der Waals surface area contributed by atoms with Gasteiger partial charge in [-0.3, -0.25) is 9.59 Å². The van der Waals surface area contributed by atoms with E-state index in [1.54, 1.807) is 6.92 Å². The van der Waals surface area contributed by atoms with Crippen LogP contribution in [0, 0.1) is 11.8 Å². The van der Waals surface area contributed by atoms with E-state index in [9.17, 15) is 19.5 Å². The fourth-order valence-electron chi connectivity index (χ4n) is 1.73. The smallest absolute Gasteiger partial charge is 0.330 e. The Morgan fingerprint density at radius 2 is 1.77 bits per heavy atom. The Morgan fingerprint density at radius 3 is 2.27 bits per heavy atom. The molecule has 0 aliphatic rings. The van der Waals surface area contributed by atoms with Gasteiger partial charge in [-0.25, -0.2) is 4.79 Å². The van der Waals surface area contributed by atoms with Crippen LogP contribution in [0.25, 0.3) is 0 Å². The highest BCUT2D eigenvalue weighted by atomic mass is 16.6. The fourth-order valence-corrected chi connectivity index (χ4v) is 1.73. The minimum atomic E-state index is -1.11. The van der Waals surface area contributed by atoms with Crippen LogP contribution in [0.5, 0.6) is 0 Å². The topological polar surface area (TPSA) is 99.1 Å². The lowest BCUT2D eigenvalue weighted by atomic mass is 9.94. The molecule has 3 unspecified atom stereocenters. The molecular weight excluding hydrogens is 292 g/mol. The van der Waals surface area contributed by atoms with E-state index < -0.39 is 24.0 Å². The number of hydrogen-bond donors (Lipinski definition) is 1. The van der Waals surface area contributed by atoms with Crippen molar-refractivity contribution in [2.24, 2.45) is 11.8 Å². The summed E-state index contributed by atoms with van der Waals surface area (Å²) < 4.78 is 14.2. The van der Waals surface area contributed by atoms with Gasteiger partial charge in [-0.15, -0.1) is 0 Å². The maximum atomic E-state index is 11.8. The van der Waals surface area contributed by atoms with E-state index >= 15 is 0 Å². The molecule has 0 rings (SSSR count). The molecule has 7 nitrogen and oxygen atoms in total. The van der Waals surface area contributed by atoms with Crippen LogP contribution >= 0.6 is 0 Å². The van der Waals surface area contributed by atoms with Crippen molar-refractivity contribution in [2.75, 3.05) is 20.3 Å². The summed E-state index contributed by atoms with van der Waals surface area (Å²) in [7, 11) is 1.30. The Balaban J connectivity index is 4.16. The van der Waals surface area contributed by atoms with Crippen LogP contribution < -0.4 is 0 Å².